The van der Waals surface area contributed by atoms with E-state index < -0.39 is 14.0 Å². The van der Waals surface area contributed by atoms with Gasteiger partial charge in [0.25, 0.3) is 5.91 Å². The summed E-state index contributed by atoms with van der Waals surface area (Å²) in [6, 6.07) is 9.87. The van der Waals surface area contributed by atoms with Crippen LogP contribution in [0, 0.1) is 11.5 Å². The van der Waals surface area contributed by atoms with Crippen molar-refractivity contribution in [3.05, 3.63) is 53.7 Å². The van der Waals surface area contributed by atoms with Crippen LogP contribution < -0.4 is 10.1 Å². The Hall–Kier alpha value is -2.91. The second-order valence-electron chi connectivity index (χ2n) is 6.50. The Morgan fingerprint density at radius 1 is 1.12 bits per heavy atom. The molecule has 0 unspecified atom stereocenters. The molecule has 128 valence electrons. The zero-order valence-electron chi connectivity index (χ0n) is 14.7. The quantitative estimate of drug-likeness (QED) is 0.397. The fraction of sp³-hybridized carbons (Fsp3) is 0.211. The van der Waals surface area contributed by atoms with Crippen molar-refractivity contribution < 1.29 is 14.3 Å². The number of nitrogens with one attached hydrogen (secondary N) is 1. The predicted molar refractivity (Wildman–Crippen MR) is 100 cm³/mol. The van der Waals surface area contributed by atoms with Gasteiger partial charge in [0.1, 0.15) is 19.6 Å². The molecule has 1 heterocycles. The lowest BCUT2D eigenvalue weighted by Gasteiger charge is -2.06. The molecule has 1 amide bonds. The van der Waals surface area contributed by atoms with Gasteiger partial charge in [0.2, 0.25) is 0 Å². The van der Waals surface area contributed by atoms with E-state index >= 15 is 0 Å². The molecule has 1 aromatic carbocycles. The van der Waals surface area contributed by atoms with E-state index in [1.165, 1.54) is 6.92 Å². The van der Waals surface area contributed by atoms with Gasteiger partial charge in [-0.05, 0) is 36.4 Å². The molecule has 25 heavy (non-hydrogen) atoms. The molecule has 0 aliphatic heterocycles. The molecule has 2 rings (SSSR count). The highest BCUT2D eigenvalue weighted by atomic mass is 28.3. The molecule has 0 aliphatic rings. The summed E-state index contributed by atoms with van der Waals surface area (Å²) >= 11 is 0. The first-order valence-electron chi connectivity index (χ1n) is 7.82. The van der Waals surface area contributed by atoms with Crippen LogP contribution in [-0.2, 0) is 4.79 Å². The summed E-state index contributed by atoms with van der Waals surface area (Å²) in [4.78, 5) is 27.3. The lowest BCUT2D eigenvalue weighted by molar-refractivity contribution is -0.131. The second-order valence-corrected chi connectivity index (χ2v) is 11.3. The molecule has 0 saturated carbocycles. The smallest absolute Gasteiger partial charge is 0.308 e. The highest BCUT2D eigenvalue weighted by Gasteiger charge is 2.09. The number of benzene rings is 1. The van der Waals surface area contributed by atoms with Crippen LogP contribution in [0.15, 0.2) is 42.6 Å². The number of pyridine rings is 1. The monoisotopic (exact) mass is 352 g/mol. The number of nitrogens with zero attached hydrogens (tertiary/aromatic N) is 1. The molecule has 5 nitrogen and oxygen atoms in total. The van der Waals surface area contributed by atoms with Gasteiger partial charge < -0.3 is 10.1 Å². The predicted octanol–water partition coefficient (Wildman–Crippen LogP) is 3.49. The molecular formula is C19H20N2O3Si. The van der Waals surface area contributed by atoms with E-state index in [0.29, 0.717) is 17.1 Å². The molecule has 0 bridgehead atoms. The van der Waals surface area contributed by atoms with Crippen molar-refractivity contribution in [1.82, 2.24) is 4.98 Å². The highest BCUT2D eigenvalue weighted by molar-refractivity contribution is 6.83. The van der Waals surface area contributed by atoms with Gasteiger partial charge in [0.15, 0.2) is 0 Å². The fourth-order valence-electron chi connectivity index (χ4n) is 1.87. The van der Waals surface area contributed by atoms with Crippen molar-refractivity contribution in [3.63, 3.8) is 0 Å². The van der Waals surface area contributed by atoms with E-state index in [2.05, 4.69) is 41.4 Å². The fourth-order valence-corrected chi connectivity index (χ4v) is 2.38. The van der Waals surface area contributed by atoms with Crippen molar-refractivity contribution in [1.29, 1.82) is 0 Å². The number of esters is 1. The highest BCUT2D eigenvalue weighted by Crippen LogP contribution is 2.14. The zero-order chi connectivity index (χ0) is 18.4. The maximum atomic E-state index is 12.3. The number of rotatable bonds is 3. The molecule has 6 heteroatoms. The van der Waals surface area contributed by atoms with E-state index in [0.717, 1.165) is 5.56 Å². The first kappa shape index (κ1) is 18.4. The number of amides is 1. The van der Waals surface area contributed by atoms with Crippen LogP contribution in [-0.4, -0.2) is 24.9 Å². The van der Waals surface area contributed by atoms with Crippen molar-refractivity contribution in [2.24, 2.45) is 0 Å². The molecule has 0 saturated heterocycles. The van der Waals surface area contributed by atoms with E-state index in [1.54, 1.807) is 36.5 Å². The van der Waals surface area contributed by atoms with E-state index in [4.69, 9.17) is 4.74 Å². The van der Waals surface area contributed by atoms with Crippen LogP contribution in [0.4, 0.5) is 5.82 Å². The van der Waals surface area contributed by atoms with Crippen molar-refractivity contribution in [2.75, 3.05) is 5.32 Å². The maximum absolute atomic E-state index is 12.3. The van der Waals surface area contributed by atoms with Gasteiger partial charge in [0.05, 0.1) is 0 Å². The summed E-state index contributed by atoms with van der Waals surface area (Å²) in [5.74, 6) is 3.27. The third-order valence-corrected chi connectivity index (χ3v) is 3.84. The first-order chi connectivity index (χ1) is 11.7. The Morgan fingerprint density at radius 3 is 2.40 bits per heavy atom. The van der Waals surface area contributed by atoms with Crippen LogP contribution in [0.2, 0.25) is 19.6 Å². The Morgan fingerprint density at radius 2 is 1.80 bits per heavy atom. The summed E-state index contributed by atoms with van der Waals surface area (Å²) in [6.07, 6.45) is 1.62. The molecule has 2 aromatic rings. The second kappa shape index (κ2) is 7.77. The lowest BCUT2D eigenvalue weighted by Crippen LogP contribution is -2.16. The maximum Gasteiger partial charge on any atom is 0.308 e. The molecule has 0 atom stereocenters. The van der Waals surface area contributed by atoms with Gasteiger partial charge >= 0.3 is 5.97 Å². The zero-order valence-corrected chi connectivity index (χ0v) is 15.7. The van der Waals surface area contributed by atoms with Crippen LogP contribution in [0.3, 0.4) is 0 Å². The van der Waals surface area contributed by atoms with E-state index in [1.807, 2.05) is 6.07 Å². The summed E-state index contributed by atoms with van der Waals surface area (Å²) in [5, 5.41) is 2.74. The number of ether oxygens (including phenoxy) is 1. The molecule has 1 aromatic heterocycles. The topological polar surface area (TPSA) is 68.3 Å². The standard InChI is InChI=1S/C19H20N2O3Si/c1-14(22)24-17-7-5-16(6-8-17)19(23)21-18-13-15(9-11-20-18)10-12-25(2,3)4/h5-9,11,13H,1-4H3,(H,20,21,23). The van der Waals surface area contributed by atoms with Gasteiger partial charge in [0, 0.05) is 24.2 Å². The molecule has 0 aliphatic carbocycles. The SMILES string of the molecule is CC(=O)Oc1ccc(C(=O)Nc2cc(C#C[Si](C)(C)C)ccn2)cc1. The largest absolute Gasteiger partial charge is 0.427 e. The summed E-state index contributed by atoms with van der Waals surface area (Å²) < 4.78 is 4.94. The van der Waals surface area contributed by atoms with Crippen molar-refractivity contribution in [3.8, 4) is 17.2 Å². The van der Waals surface area contributed by atoms with Crippen LogP contribution in [0.25, 0.3) is 0 Å². The number of aromatic nitrogens is 1. The first-order valence-corrected chi connectivity index (χ1v) is 11.3. The number of hydrogen-bond donors (Lipinski definition) is 1. The average Bonchev–Trinajstić information content (AvgIpc) is 2.53. The number of carbonyl (C=O) groups is 2. The number of hydrogen-bond acceptors (Lipinski definition) is 4. The lowest BCUT2D eigenvalue weighted by atomic mass is 10.2. The number of anilines is 1. The third kappa shape index (κ3) is 6.24. The van der Waals surface area contributed by atoms with Crippen molar-refractivity contribution >= 4 is 25.8 Å². The summed E-state index contributed by atoms with van der Waals surface area (Å²) in [6.45, 7) is 7.83. The molecule has 0 radical (unpaired) electrons. The van der Waals surface area contributed by atoms with Gasteiger partial charge in [-0.3, -0.25) is 9.59 Å². The minimum Gasteiger partial charge on any atom is -0.427 e. The molecular weight excluding hydrogens is 332 g/mol. The van der Waals surface area contributed by atoms with Gasteiger partial charge in [-0.2, -0.15) is 0 Å². The van der Waals surface area contributed by atoms with Gasteiger partial charge in [-0.15, -0.1) is 5.54 Å². The Kier molecular flexibility index (Phi) is 5.73. The molecule has 0 spiro atoms. The Balaban J connectivity index is 2.10. The third-order valence-electron chi connectivity index (χ3n) is 2.96. The Labute approximate surface area is 148 Å². The van der Waals surface area contributed by atoms with Crippen LogP contribution in [0.1, 0.15) is 22.8 Å². The van der Waals surface area contributed by atoms with Crippen LogP contribution >= 0.6 is 0 Å². The number of carbonyl (C=O) groups excluding carboxylic acids is 2. The minimum atomic E-state index is -1.46. The summed E-state index contributed by atoms with van der Waals surface area (Å²) in [5.41, 5.74) is 4.54. The molecule has 1 N–H and O–H groups in total. The minimum absolute atomic E-state index is 0.294. The molecule has 0 fully saturated rings. The normalized spacial score (nSPS) is 10.4. The van der Waals surface area contributed by atoms with Crippen LogP contribution in [0.5, 0.6) is 5.75 Å². The van der Waals surface area contributed by atoms with E-state index in [9.17, 15) is 9.59 Å². The summed E-state index contributed by atoms with van der Waals surface area (Å²) in [7, 11) is -1.46. The average molecular weight is 352 g/mol. The Bertz CT molecular complexity index is 843. The van der Waals surface area contributed by atoms with Gasteiger partial charge in [-0.1, -0.05) is 25.6 Å². The van der Waals surface area contributed by atoms with Crippen molar-refractivity contribution in [2.45, 2.75) is 26.6 Å². The van der Waals surface area contributed by atoms with E-state index in [-0.39, 0.29) is 5.91 Å². The van der Waals surface area contributed by atoms with Gasteiger partial charge in [-0.25, -0.2) is 4.98 Å².